The second-order valence-corrected chi connectivity index (χ2v) is 7.75. The molecular formula is C22H21F4N3O4. The Kier molecular flexibility index (Phi) is 6.35. The van der Waals surface area contributed by atoms with Crippen molar-refractivity contribution in [3.63, 3.8) is 0 Å². The van der Waals surface area contributed by atoms with E-state index in [1.165, 1.54) is 24.4 Å². The number of nitrogens with zero attached hydrogens (tertiary/aromatic N) is 1. The van der Waals surface area contributed by atoms with Crippen molar-refractivity contribution >= 4 is 11.7 Å². The van der Waals surface area contributed by atoms with E-state index in [0.29, 0.717) is 11.1 Å². The van der Waals surface area contributed by atoms with Gasteiger partial charge in [-0.25, -0.2) is 4.39 Å². The van der Waals surface area contributed by atoms with E-state index in [2.05, 4.69) is 15.5 Å². The van der Waals surface area contributed by atoms with Gasteiger partial charge < -0.3 is 19.6 Å². The molecular weight excluding hydrogens is 446 g/mol. The standard InChI is InChI=1S/C22H21F4N3O4/c1-5-32-16-9-13(10-27-20(16)31)12-6-7-14(15(23)8-12)17-18(21(3,4)22(24,25)26)33-29-19(17)28-11(2)30/h6-10H,5H2,1-4H3,(H,27,31)(H,28,29,30). The third-order valence-electron chi connectivity index (χ3n) is 5.00. The molecule has 3 aromatic rings. The van der Waals surface area contributed by atoms with E-state index in [1.807, 2.05) is 0 Å². The maximum atomic E-state index is 15.2. The summed E-state index contributed by atoms with van der Waals surface area (Å²) in [5.41, 5.74) is -2.78. The molecule has 3 rings (SSSR count). The number of ether oxygens (including phenoxy) is 1. The van der Waals surface area contributed by atoms with Gasteiger partial charge in [-0.2, -0.15) is 13.2 Å². The summed E-state index contributed by atoms with van der Waals surface area (Å²) in [6, 6.07) is 5.23. The Bertz CT molecular complexity index is 1250. The lowest BCUT2D eigenvalue weighted by molar-refractivity contribution is -0.185. The lowest BCUT2D eigenvalue weighted by Crippen LogP contribution is -2.36. The van der Waals surface area contributed by atoms with Crippen LogP contribution in [-0.2, 0) is 10.2 Å². The van der Waals surface area contributed by atoms with Crippen molar-refractivity contribution in [2.45, 2.75) is 39.3 Å². The van der Waals surface area contributed by atoms with Crippen molar-refractivity contribution in [2.24, 2.45) is 0 Å². The average Bonchev–Trinajstić information content (AvgIpc) is 3.12. The van der Waals surface area contributed by atoms with Gasteiger partial charge in [0, 0.05) is 24.2 Å². The number of anilines is 1. The van der Waals surface area contributed by atoms with Gasteiger partial charge in [-0.1, -0.05) is 17.3 Å². The summed E-state index contributed by atoms with van der Waals surface area (Å²) in [5, 5.41) is 5.83. The van der Waals surface area contributed by atoms with E-state index in [1.54, 1.807) is 6.92 Å². The van der Waals surface area contributed by atoms with Crippen LogP contribution in [0, 0.1) is 5.82 Å². The van der Waals surface area contributed by atoms with E-state index < -0.39 is 34.6 Å². The molecule has 0 radical (unpaired) electrons. The van der Waals surface area contributed by atoms with Crippen LogP contribution < -0.4 is 15.6 Å². The molecule has 0 aliphatic rings. The maximum absolute atomic E-state index is 15.2. The van der Waals surface area contributed by atoms with Crippen molar-refractivity contribution in [1.29, 1.82) is 0 Å². The lowest BCUT2D eigenvalue weighted by Gasteiger charge is -2.26. The second-order valence-electron chi connectivity index (χ2n) is 7.75. The molecule has 0 fully saturated rings. The molecule has 2 N–H and O–H groups in total. The average molecular weight is 467 g/mol. The number of alkyl halides is 3. The fraction of sp³-hybridized carbons (Fsp3) is 0.318. The molecule has 0 atom stereocenters. The highest BCUT2D eigenvalue weighted by Crippen LogP contribution is 2.47. The molecule has 11 heteroatoms. The Morgan fingerprint density at radius 2 is 1.91 bits per heavy atom. The number of amides is 1. The first kappa shape index (κ1) is 24.0. The molecule has 2 heterocycles. The molecule has 7 nitrogen and oxygen atoms in total. The minimum atomic E-state index is -4.74. The Morgan fingerprint density at radius 3 is 2.48 bits per heavy atom. The number of hydrogen-bond donors (Lipinski definition) is 2. The molecule has 33 heavy (non-hydrogen) atoms. The topological polar surface area (TPSA) is 97.2 Å². The molecule has 0 saturated heterocycles. The molecule has 0 unspecified atom stereocenters. The highest BCUT2D eigenvalue weighted by molar-refractivity contribution is 5.93. The Morgan fingerprint density at radius 1 is 1.21 bits per heavy atom. The molecule has 0 saturated carbocycles. The highest BCUT2D eigenvalue weighted by atomic mass is 19.4. The highest BCUT2D eigenvalue weighted by Gasteiger charge is 2.53. The number of aromatic amines is 1. The monoisotopic (exact) mass is 467 g/mol. The maximum Gasteiger partial charge on any atom is 0.401 e. The first-order chi connectivity index (χ1) is 15.4. The normalized spacial score (nSPS) is 12.0. The van der Waals surface area contributed by atoms with Gasteiger partial charge in [-0.05, 0) is 38.5 Å². The van der Waals surface area contributed by atoms with Crippen molar-refractivity contribution < 1.29 is 31.6 Å². The fourth-order valence-electron chi connectivity index (χ4n) is 3.14. The molecule has 2 aromatic heterocycles. The zero-order chi connectivity index (χ0) is 24.6. The minimum Gasteiger partial charge on any atom is -0.488 e. The molecule has 1 aromatic carbocycles. The summed E-state index contributed by atoms with van der Waals surface area (Å²) in [4.78, 5) is 25.8. The van der Waals surface area contributed by atoms with Crippen LogP contribution in [0.4, 0.5) is 23.4 Å². The van der Waals surface area contributed by atoms with Crippen LogP contribution in [0.3, 0.4) is 0 Å². The van der Waals surface area contributed by atoms with Gasteiger partial charge in [0.2, 0.25) is 5.91 Å². The van der Waals surface area contributed by atoms with E-state index in [9.17, 15) is 22.8 Å². The molecule has 0 aliphatic heterocycles. The van der Waals surface area contributed by atoms with Crippen molar-refractivity contribution in [2.75, 3.05) is 11.9 Å². The van der Waals surface area contributed by atoms with E-state index in [4.69, 9.17) is 9.26 Å². The number of benzene rings is 1. The van der Waals surface area contributed by atoms with Crippen LogP contribution in [0.1, 0.15) is 33.5 Å². The quantitative estimate of drug-likeness (QED) is 0.496. The minimum absolute atomic E-state index is 0.0423. The number of carbonyl (C=O) groups is 1. The summed E-state index contributed by atoms with van der Waals surface area (Å²) in [7, 11) is 0. The smallest absolute Gasteiger partial charge is 0.401 e. The fourth-order valence-corrected chi connectivity index (χ4v) is 3.14. The zero-order valence-electron chi connectivity index (χ0n) is 18.2. The number of rotatable bonds is 6. The Labute approximate surface area is 185 Å². The number of H-pyrrole nitrogens is 1. The van der Waals surface area contributed by atoms with Crippen LogP contribution in [0.2, 0.25) is 0 Å². The summed E-state index contributed by atoms with van der Waals surface area (Å²) in [6.07, 6.45) is -3.38. The van der Waals surface area contributed by atoms with Gasteiger partial charge in [-0.3, -0.25) is 9.59 Å². The molecule has 0 spiro atoms. The van der Waals surface area contributed by atoms with Gasteiger partial charge >= 0.3 is 6.18 Å². The number of hydrogen-bond acceptors (Lipinski definition) is 5. The number of nitrogens with one attached hydrogen (secondary N) is 2. The largest absolute Gasteiger partial charge is 0.488 e. The zero-order valence-corrected chi connectivity index (χ0v) is 18.2. The molecule has 0 bridgehead atoms. The van der Waals surface area contributed by atoms with Gasteiger partial charge in [0.25, 0.3) is 5.56 Å². The van der Waals surface area contributed by atoms with E-state index >= 15 is 4.39 Å². The summed E-state index contributed by atoms with van der Waals surface area (Å²) in [5.74, 6) is -2.43. The first-order valence-corrected chi connectivity index (χ1v) is 9.87. The summed E-state index contributed by atoms with van der Waals surface area (Å²) < 4.78 is 66.5. The lowest BCUT2D eigenvalue weighted by atomic mass is 9.84. The van der Waals surface area contributed by atoms with Crippen LogP contribution >= 0.6 is 0 Å². The van der Waals surface area contributed by atoms with Gasteiger partial charge in [0.1, 0.15) is 11.2 Å². The predicted octanol–water partition coefficient (Wildman–Crippen LogP) is 5.03. The Hall–Kier alpha value is -3.63. The number of carbonyl (C=O) groups excluding carboxylic acids is 1. The van der Waals surface area contributed by atoms with Gasteiger partial charge in [-0.15, -0.1) is 0 Å². The van der Waals surface area contributed by atoms with Gasteiger partial charge in [0.05, 0.1) is 12.2 Å². The van der Waals surface area contributed by atoms with Crippen LogP contribution in [-0.4, -0.2) is 28.8 Å². The number of pyridine rings is 1. The second kappa shape index (κ2) is 8.72. The van der Waals surface area contributed by atoms with E-state index in [-0.39, 0.29) is 29.3 Å². The van der Waals surface area contributed by atoms with Gasteiger partial charge in [0.15, 0.2) is 17.3 Å². The molecule has 0 aliphatic carbocycles. The third-order valence-corrected chi connectivity index (χ3v) is 5.00. The molecule has 176 valence electrons. The number of aromatic nitrogens is 2. The van der Waals surface area contributed by atoms with Crippen molar-refractivity contribution in [1.82, 2.24) is 10.1 Å². The molecule has 1 amide bonds. The van der Waals surface area contributed by atoms with E-state index in [0.717, 1.165) is 26.8 Å². The van der Waals surface area contributed by atoms with Crippen LogP contribution in [0.25, 0.3) is 22.3 Å². The summed E-state index contributed by atoms with van der Waals surface area (Å²) in [6.45, 7) is 4.83. The van der Waals surface area contributed by atoms with Crippen LogP contribution in [0.15, 0.2) is 39.8 Å². The first-order valence-electron chi connectivity index (χ1n) is 9.87. The predicted molar refractivity (Wildman–Crippen MR) is 113 cm³/mol. The third kappa shape index (κ3) is 4.62. The summed E-state index contributed by atoms with van der Waals surface area (Å²) >= 11 is 0. The Balaban J connectivity index is 2.16. The van der Waals surface area contributed by atoms with Crippen molar-refractivity contribution in [3.8, 4) is 28.0 Å². The number of halogens is 4. The van der Waals surface area contributed by atoms with Crippen molar-refractivity contribution in [3.05, 3.63) is 52.4 Å². The van der Waals surface area contributed by atoms with Crippen LogP contribution in [0.5, 0.6) is 5.75 Å². The SMILES string of the molecule is CCOc1cc(-c2ccc(-c3c(NC(C)=O)noc3C(C)(C)C(F)(F)F)c(F)c2)c[nH]c1=O.